The summed E-state index contributed by atoms with van der Waals surface area (Å²) in [5.41, 5.74) is 3.81. The maximum absolute atomic E-state index is 14.6. The summed E-state index contributed by atoms with van der Waals surface area (Å²) < 4.78 is 23.8. The van der Waals surface area contributed by atoms with Crippen molar-refractivity contribution in [1.29, 1.82) is 0 Å². The van der Waals surface area contributed by atoms with Gasteiger partial charge in [-0.2, -0.15) is 9.07 Å². The molecule has 0 aromatic carbocycles. The average molecular weight is 372 g/mol. The van der Waals surface area contributed by atoms with E-state index in [1.54, 1.807) is 28.8 Å². The highest BCUT2D eigenvalue weighted by molar-refractivity contribution is 5.99. The summed E-state index contributed by atoms with van der Waals surface area (Å²) in [6.45, 7) is 0. The third kappa shape index (κ3) is 1.96. The minimum absolute atomic E-state index is 0.0244. The van der Waals surface area contributed by atoms with Crippen LogP contribution in [0.5, 0.6) is 0 Å². The fourth-order valence-electron chi connectivity index (χ4n) is 5.06. The number of hydrogen-bond donors (Lipinski definition) is 1. The second kappa shape index (κ2) is 5.28. The summed E-state index contributed by atoms with van der Waals surface area (Å²) in [6.07, 6.45) is 8.99. The number of aromatic nitrogens is 5. The predicted molar refractivity (Wildman–Crippen MR) is 93.4 cm³/mol. The Balaban J connectivity index is 1.47. The average Bonchev–Trinajstić information content (AvgIpc) is 3.03. The van der Waals surface area contributed by atoms with Crippen molar-refractivity contribution in [2.24, 2.45) is 11.0 Å². The largest absolute Gasteiger partial charge is 0.372 e. The van der Waals surface area contributed by atoms with Gasteiger partial charge in [0.05, 0.1) is 18.1 Å². The van der Waals surface area contributed by atoms with Crippen molar-refractivity contribution >= 4 is 11.8 Å². The van der Waals surface area contributed by atoms with Gasteiger partial charge in [-0.3, -0.25) is 14.9 Å². The minimum atomic E-state index is -0.430. The molecule has 142 valence electrons. The highest BCUT2D eigenvalue weighted by Crippen LogP contribution is 2.49. The number of imidazole rings is 1. The lowest BCUT2D eigenvalue weighted by molar-refractivity contribution is 0.0734. The zero-order valence-electron chi connectivity index (χ0n) is 15.0. The van der Waals surface area contributed by atoms with Crippen LogP contribution in [0, 0.1) is 12.0 Å². The number of ether oxygens (including phenoxy) is 1. The number of rotatable bonds is 2. The number of nitrogens with zero attached hydrogens (tertiary/aromatic N) is 7. The van der Waals surface area contributed by atoms with Crippen LogP contribution in [-0.4, -0.2) is 43.8 Å². The van der Waals surface area contributed by atoms with E-state index in [1.165, 1.54) is 0 Å². The maximum atomic E-state index is 14.6. The molecule has 9 nitrogen and oxygen atoms in total. The Bertz CT molecular complexity index is 931. The Kier molecular flexibility index (Phi) is 3.04. The van der Waals surface area contributed by atoms with Gasteiger partial charge in [0.2, 0.25) is 0 Å². The third-order valence-corrected chi connectivity index (χ3v) is 6.59. The van der Waals surface area contributed by atoms with Gasteiger partial charge in [0.1, 0.15) is 17.6 Å². The SMILES string of the molecule is COC1(c2cnnn2C2=NNC3C4CCCCC4n4c(cnc4F)N23)CC1. The zero-order valence-corrected chi connectivity index (χ0v) is 15.0. The summed E-state index contributed by atoms with van der Waals surface area (Å²) in [5, 5.41) is 13.0. The van der Waals surface area contributed by atoms with Gasteiger partial charge in [-0.15, -0.1) is 10.2 Å². The molecular weight excluding hydrogens is 351 g/mol. The molecule has 0 radical (unpaired) electrons. The molecule has 4 aliphatic rings. The van der Waals surface area contributed by atoms with Gasteiger partial charge >= 0.3 is 0 Å². The fourth-order valence-corrected chi connectivity index (χ4v) is 5.06. The number of hydrazone groups is 1. The molecule has 4 heterocycles. The first-order chi connectivity index (χ1) is 13.2. The van der Waals surface area contributed by atoms with Crippen LogP contribution >= 0.6 is 0 Å². The lowest BCUT2D eigenvalue weighted by Crippen LogP contribution is -2.55. The van der Waals surface area contributed by atoms with E-state index in [9.17, 15) is 4.39 Å². The van der Waals surface area contributed by atoms with E-state index in [0.717, 1.165) is 44.2 Å². The number of hydrogen-bond acceptors (Lipinski definition) is 7. The van der Waals surface area contributed by atoms with E-state index in [-0.39, 0.29) is 23.7 Å². The molecule has 0 saturated heterocycles. The van der Waals surface area contributed by atoms with Crippen LogP contribution in [0.3, 0.4) is 0 Å². The number of nitrogens with one attached hydrogen (secondary N) is 1. The predicted octanol–water partition coefficient (Wildman–Crippen LogP) is 1.55. The Morgan fingerprint density at radius 2 is 2.11 bits per heavy atom. The molecule has 3 atom stereocenters. The Labute approximate surface area is 155 Å². The molecule has 0 spiro atoms. The molecule has 27 heavy (non-hydrogen) atoms. The van der Waals surface area contributed by atoms with Gasteiger partial charge in [0.25, 0.3) is 12.0 Å². The van der Waals surface area contributed by atoms with Crippen molar-refractivity contribution in [3.63, 3.8) is 0 Å². The fraction of sp³-hybridized carbons (Fsp3) is 0.647. The van der Waals surface area contributed by atoms with Gasteiger partial charge in [-0.1, -0.05) is 18.1 Å². The summed E-state index contributed by atoms with van der Waals surface area (Å²) in [5.74, 6) is 1.58. The van der Waals surface area contributed by atoms with Crippen molar-refractivity contribution in [2.45, 2.75) is 56.3 Å². The number of anilines is 1. The monoisotopic (exact) mass is 372 g/mol. The van der Waals surface area contributed by atoms with Crippen LogP contribution in [0.1, 0.15) is 50.3 Å². The van der Waals surface area contributed by atoms with Crippen molar-refractivity contribution < 1.29 is 9.13 Å². The molecule has 0 amide bonds. The molecule has 2 aliphatic heterocycles. The van der Waals surface area contributed by atoms with Crippen molar-refractivity contribution in [3.8, 4) is 0 Å². The summed E-state index contributed by atoms with van der Waals surface area (Å²) in [6, 6.07) is 0.114. The van der Waals surface area contributed by atoms with Crippen molar-refractivity contribution in [2.75, 3.05) is 12.0 Å². The normalized spacial score (nSPS) is 30.2. The smallest absolute Gasteiger partial charge is 0.291 e. The first-order valence-electron chi connectivity index (χ1n) is 9.55. The van der Waals surface area contributed by atoms with E-state index < -0.39 is 6.08 Å². The van der Waals surface area contributed by atoms with E-state index >= 15 is 0 Å². The first-order valence-corrected chi connectivity index (χ1v) is 9.55. The minimum Gasteiger partial charge on any atom is -0.372 e. The molecular formula is C17H21FN8O. The van der Waals surface area contributed by atoms with Gasteiger partial charge in [-0.25, -0.2) is 4.98 Å². The molecule has 0 bridgehead atoms. The van der Waals surface area contributed by atoms with Gasteiger partial charge < -0.3 is 4.74 Å². The van der Waals surface area contributed by atoms with Crippen molar-refractivity contribution in [3.05, 3.63) is 24.2 Å². The molecule has 2 aromatic rings. The van der Waals surface area contributed by atoms with Crippen LogP contribution in [0.15, 0.2) is 17.5 Å². The lowest BCUT2D eigenvalue weighted by atomic mass is 9.80. The Hall–Kier alpha value is -2.49. The third-order valence-electron chi connectivity index (χ3n) is 6.59. The van der Waals surface area contributed by atoms with Gasteiger partial charge in [-0.05, 0) is 25.7 Å². The van der Waals surface area contributed by atoms with Crippen LogP contribution in [0.25, 0.3) is 0 Å². The van der Waals surface area contributed by atoms with E-state index in [2.05, 4.69) is 25.8 Å². The Morgan fingerprint density at radius 1 is 1.26 bits per heavy atom. The molecule has 2 saturated carbocycles. The van der Waals surface area contributed by atoms with E-state index in [0.29, 0.717) is 11.8 Å². The number of fused-ring (bicyclic) bond motifs is 6. The highest BCUT2D eigenvalue weighted by Gasteiger charge is 2.52. The molecule has 1 N–H and O–H groups in total. The summed E-state index contributed by atoms with van der Waals surface area (Å²) in [7, 11) is 1.71. The number of halogens is 1. The van der Waals surface area contributed by atoms with Gasteiger partial charge in [0, 0.05) is 19.1 Å². The maximum Gasteiger partial charge on any atom is 0.291 e. The van der Waals surface area contributed by atoms with Crippen molar-refractivity contribution in [1.82, 2.24) is 30.0 Å². The zero-order chi connectivity index (χ0) is 18.2. The summed E-state index contributed by atoms with van der Waals surface area (Å²) >= 11 is 0. The first kappa shape index (κ1) is 15.6. The van der Waals surface area contributed by atoms with E-state index in [1.807, 2.05) is 4.90 Å². The highest BCUT2D eigenvalue weighted by atomic mass is 19.1. The van der Waals surface area contributed by atoms with Gasteiger partial charge in [0.15, 0.2) is 0 Å². The molecule has 2 aromatic heterocycles. The molecule has 6 rings (SSSR count). The van der Waals surface area contributed by atoms with Crippen LogP contribution < -0.4 is 10.3 Å². The summed E-state index contributed by atoms with van der Waals surface area (Å²) in [4.78, 5) is 5.99. The second-order valence-electron chi connectivity index (χ2n) is 7.86. The van der Waals surface area contributed by atoms with Crippen LogP contribution in [0.2, 0.25) is 0 Å². The quantitative estimate of drug-likeness (QED) is 0.861. The Morgan fingerprint density at radius 3 is 2.93 bits per heavy atom. The molecule has 2 aliphatic carbocycles. The van der Waals surface area contributed by atoms with E-state index in [4.69, 9.17) is 4.74 Å². The molecule has 10 heteroatoms. The second-order valence-corrected chi connectivity index (χ2v) is 7.86. The topological polar surface area (TPSA) is 85.4 Å². The molecule has 2 fully saturated rings. The van der Waals surface area contributed by atoms with Crippen LogP contribution in [-0.2, 0) is 10.3 Å². The standard InChI is InChI=1S/C17H21FN8O/c1-27-17(6-7-17)12-8-20-23-26(12)16-22-21-14-10-4-2-3-5-11(10)24-13(25(14)16)9-19-15(24)18/h8-11,14,21H,2-7H2,1H3. The molecule has 3 unspecified atom stereocenters. The lowest BCUT2D eigenvalue weighted by Gasteiger charge is -2.45. The number of methoxy groups -OCH3 is 1. The van der Waals surface area contributed by atoms with Crippen LogP contribution in [0.4, 0.5) is 10.2 Å².